The van der Waals surface area contributed by atoms with Gasteiger partial charge >= 0.3 is 232 Å². The Balaban J connectivity index is 0.000000269. The number of rotatable bonds is 4. The zero-order valence-corrected chi connectivity index (χ0v) is 36.6. The molecule has 0 saturated heterocycles. The molecule has 0 bridgehead atoms. The molecule has 0 aromatic heterocycles. The van der Waals surface area contributed by atoms with E-state index >= 15 is 0 Å². The molecule has 6 rings (SSSR count). The van der Waals surface area contributed by atoms with Crippen LogP contribution < -0.4 is 0 Å². The number of hydrogen-bond donors (Lipinski definition) is 2. The minimum atomic E-state index is -0.951. The maximum atomic E-state index is 10.7. The molecule has 45 heavy (non-hydrogen) atoms. The van der Waals surface area contributed by atoms with Crippen LogP contribution in [0.5, 0.6) is 11.5 Å². The van der Waals surface area contributed by atoms with Gasteiger partial charge in [0.1, 0.15) is 0 Å². The summed E-state index contributed by atoms with van der Waals surface area (Å²) in [5, 5.41) is 23.0. The van der Waals surface area contributed by atoms with Crippen LogP contribution in [0.3, 0.4) is 0 Å². The maximum Gasteiger partial charge on any atom is -0.0866 e. The third-order valence-electron chi connectivity index (χ3n) is 7.61. The van der Waals surface area contributed by atoms with Crippen molar-refractivity contribution in [3.8, 4) is 11.5 Å². The third-order valence-corrected chi connectivity index (χ3v) is 38.9. The Morgan fingerprint density at radius 1 is 0.600 bits per heavy atom. The SMILES string of the molecule is Oc1c(Br)cc(Br)cc1C[S]1=[Hf]=[S](Cc2cc(Br)cc(Br)c2O)[C@H]2CCCCCC[C@@H]21.[CH2-]c1ccccc1.[CH2-]c1ccccc1. The van der Waals surface area contributed by atoms with E-state index in [4.69, 9.17) is 0 Å². The van der Waals surface area contributed by atoms with Crippen molar-refractivity contribution >= 4 is 78.1 Å². The van der Waals surface area contributed by atoms with E-state index in [0.29, 0.717) is 25.9 Å². The molecule has 1 saturated carbocycles. The molecule has 1 aliphatic carbocycles. The van der Waals surface area contributed by atoms with E-state index in [9.17, 15) is 10.2 Å². The predicted octanol–water partition coefficient (Wildman–Crippen LogP) is 13.1. The van der Waals surface area contributed by atoms with Crippen molar-refractivity contribution in [1.29, 1.82) is 0 Å². The van der Waals surface area contributed by atoms with Crippen molar-refractivity contribution in [2.45, 2.75) is 60.5 Å². The summed E-state index contributed by atoms with van der Waals surface area (Å²) in [5.41, 5.74) is 4.33. The number of benzene rings is 4. The first-order valence-electron chi connectivity index (χ1n) is 14.9. The van der Waals surface area contributed by atoms with Crippen LogP contribution in [0.15, 0.2) is 103 Å². The minimum Gasteiger partial charge on any atom is -0.199 e. The Kier molecular flexibility index (Phi) is 15.9. The number of halogens is 4. The van der Waals surface area contributed by atoms with Gasteiger partial charge in [-0.05, 0) is 0 Å². The summed E-state index contributed by atoms with van der Waals surface area (Å²) >= 11 is 13.3. The molecule has 4 aromatic carbocycles. The van der Waals surface area contributed by atoms with Gasteiger partial charge < -0.3 is 0 Å². The summed E-state index contributed by atoms with van der Waals surface area (Å²) in [7, 11) is 0.877. The van der Waals surface area contributed by atoms with Crippen LogP contribution in [0.4, 0.5) is 0 Å². The van der Waals surface area contributed by atoms with Crippen molar-refractivity contribution in [3.05, 3.63) is 139 Å². The maximum absolute atomic E-state index is 10.7. The zero-order chi connectivity index (χ0) is 32.3. The smallest absolute Gasteiger partial charge is 0.0866 e. The second kappa shape index (κ2) is 19.0. The van der Waals surface area contributed by atoms with Crippen molar-refractivity contribution in [3.63, 3.8) is 0 Å². The Bertz CT molecular complexity index is 1530. The van der Waals surface area contributed by atoms with Gasteiger partial charge in [-0.1, -0.05) is 12.1 Å². The molecule has 4 aromatic rings. The van der Waals surface area contributed by atoms with E-state index in [0.717, 1.165) is 62.2 Å². The molecule has 1 fully saturated rings. The number of phenolic OH excluding ortho intramolecular Hbond substituents is 2. The fourth-order valence-corrected chi connectivity index (χ4v) is 47.0. The minimum absolute atomic E-state index is 0.419. The fourth-order valence-electron chi connectivity index (χ4n) is 5.35. The molecule has 2 N–H and O–H groups in total. The molecule has 9 heteroatoms. The molecular formula is C36H38Br4HfO2S2-2. The normalized spacial score (nSPS) is 20.4. The quantitative estimate of drug-likeness (QED) is 0.158. The summed E-state index contributed by atoms with van der Waals surface area (Å²) in [6, 6.07) is 27.8. The van der Waals surface area contributed by atoms with E-state index in [1.54, 1.807) is 0 Å². The van der Waals surface area contributed by atoms with Gasteiger partial charge in [-0.25, -0.2) is 0 Å². The van der Waals surface area contributed by atoms with Gasteiger partial charge in [-0.2, -0.15) is 49.2 Å². The summed E-state index contributed by atoms with van der Waals surface area (Å²) in [5.74, 6) is 2.90. The topological polar surface area (TPSA) is 40.5 Å². The molecule has 2 aliphatic rings. The number of fused-ring (bicyclic) bond motifs is 1. The van der Waals surface area contributed by atoms with E-state index in [-0.39, 0.29) is 0 Å². The molecule has 1 heterocycles. The van der Waals surface area contributed by atoms with Crippen LogP contribution in [0.2, 0.25) is 0 Å². The molecule has 0 spiro atoms. The van der Waals surface area contributed by atoms with Crippen LogP contribution in [0, 0.1) is 13.8 Å². The number of hydrogen-bond acceptors (Lipinski definition) is 2. The molecule has 2 nitrogen and oxygen atoms in total. The Morgan fingerprint density at radius 3 is 1.31 bits per heavy atom. The first-order chi connectivity index (χ1) is 21.6. The fraction of sp³-hybridized carbons (Fsp3) is 0.278. The molecule has 0 radical (unpaired) electrons. The summed E-state index contributed by atoms with van der Waals surface area (Å²) in [4.78, 5) is 0. The van der Waals surface area contributed by atoms with Crippen molar-refractivity contribution < 1.29 is 29.1 Å². The van der Waals surface area contributed by atoms with Gasteiger partial charge in [0.15, 0.2) is 0 Å². The standard InChI is InChI=1S/C22H24Br4O2S2.2C7H7.Hf/c23-15-7-13(21(27)17(25)9-15)11-29-19-5-3-1-2-4-6-20(19)30-12-14-8-16(24)10-18(26)22(14)28;2*1-7-5-3-2-4-6-7;/h7-10,19-20,27-28H,1-6,11-12H2;2*2-6H,1H2;/q;2*-1;/t19-,20-;;;/m0.../s1. The third kappa shape index (κ3) is 11.7. The molecule has 1 aliphatic heterocycles. The van der Waals surface area contributed by atoms with Crippen molar-refractivity contribution in [2.75, 3.05) is 0 Å². The van der Waals surface area contributed by atoms with Gasteiger partial charge in [0, 0.05) is 0 Å². The first-order valence-corrected chi connectivity index (χ1v) is 29.7. The molecular weight excluding hydrogens is 1030 g/mol. The van der Waals surface area contributed by atoms with Crippen molar-refractivity contribution in [2.24, 2.45) is 0 Å². The average molecular weight is 1060 g/mol. The van der Waals surface area contributed by atoms with E-state index in [2.05, 4.69) is 89.7 Å². The summed E-state index contributed by atoms with van der Waals surface area (Å²) in [6.45, 7) is 7.44. The Labute approximate surface area is 314 Å². The number of aromatic hydroxyl groups is 2. The largest absolute Gasteiger partial charge is 0.199 e. The second-order valence-electron chi connectivity index (χ2n) is 11.1. The average Bonchev–Trinajstić information content (AvgIpc) is 3.29. The monoisotopic (exact) mass is 1060 g/mol. The van der Waals surface area contributed by atoms with Crippen LogP contribution in [-0.4, -0.2) is 20.7 Å². The van der Waals surface area contributed by atoms with Gasteiger partial charge in [0.05, 0.1) is 0 Å². The van der Waals surface area contributed by atoms with Gasteiger partial charge in [-0.3, -0.25) is 0 Å². The molecule has 240 valence electrons. The van der Waals surface area contributed by atoms with Gasteiger partial charge in [-0.15, -0.1) is 24.3 Å². The predicted molar refractivity (Wildman–Crippen MR) is 207 cm³/mol. The summed E-state index contributed by atoms with van der Waals surface area (Å²) in [6.07, 6.45) is 8.16. The Hall–Kier alpha value is -0.290. The molecule has 2 unspecified atom stereocenters. The van der Waals surface area contributed by atoms with Crippen LogP contribution in [0.1, 0.15) is 60.8 Å². The zero-order valence-electron chi connectivity index (χ0n) is 25.0. The molecule has 0 amide bonds. The van der Waals surface area contributed by atoms with Crippen LogP contribution in [-0.2, 0) is 30.4 Å². The van der Waals surface area contributed by atoms with Crippen LogP contribution in [0.25, 0.3) is 0 Å². The van der Waals surface area contributed by atoms with Crippen molar-refractivity contribution in [1.82, 2.24) is 0 Å². The van der Waals surface area contributed by atoms with Gasteiger partial charge in [0.2, 0.25) is 0 Å². The van der Waals surface area contributed by atoms with E-state index in [1.165, 1.54) is 38.5 Å². The molecule has 4 atom stereocenters. The van der Waals surface area contributed by atoms with Gasteiger partial charge in [0.25, 0.3) is 0 Å². The second-order valence-corrected chi connectivity index (χ2v) is 35.5. The van der Waals surface area contributed by atoms with Crippen LogP contribution >= 0.6 is 78.1 Å². The van der Waals surface area contributed by atoms with E-state index in [1.807, 2.05) is 72.8 Å². The first kappa shape index (κ1) is 37.5. The number of phenols is 2. The van der Waals surface area contributed by atoms with E-state index < -0.39 is 18.9 Å². The summed E-state index contributed by atoms with van der Waals surface area (Å²) < 4.78 is 3.62. The Morgan fingerprint density at radius 2 is 0.978 bits per heavy atom.